The molecule has 0 N–H and O–H groups in total. The minimum absolute atomic E-state index is 0.162. The highest BCUT2D eigenvalue weighted by molar-refractivity contribution is 5.85. The quantitative estimate of drug-likeness (QED) is 0.808. The summed E-state index contributed by atoms with van der Waals surface area (Å²) in [6, 6.07) is 11.5. The van der Waals surface area contributed by atoms with E-state index in [0.29, 0.717) is 30.3 Å². The summed E-state index contributed by atoms with van der Waals surface area (Å²) in [7, 11) is 0. The van der Waals surface area contributed by atoms with Crippen LogP contribution in [0.25, 0.3) is 0 Å². The molecule has 1 aromatic rings. The van der Waals surface area contributed by atoms with E-state index >= 15 is 0 Å². The topological polar surface area (TPSA) is 43.9 Å². The third-order valence-electron chi connectivity index (χ3n) is 7.54. The van der Waals surface area contributed by atoms with Crippen LogP contribution in [0.3, 0.4) is 0 Å². The number of benzene rings is 1. The van der Waals surface area contributed by atoms with Crippen LogP contribution in [0.5, 0.6) is 0 Å². The van der Waals surface area contributed by atoms with Crippen molar-refractivity contribution in [1.29, 1.82) is 0 Å². The van der Waals surface area contributed by atoms with Gasteiger partial charge >= 0.3 is 0 Å². The van der Waals surface area contributed by atoms with Gasteiger partial charge in [-0.05, 0) is 50.3 Å². The van der Waals surface area contributed by atoms with Gasteiger partial charge in [0.1, 0.15) is 0 Å². The fourth-order valence-corrected chi connectivity index (χ4v) is 6.16. The molecule has 2 bridgehead atoms. The van der Waals surface area contributed by atoms with Gasteiger partial charge in [0.05, 0.1) is 12.6 Å². The Morgan fingerprint density at radius 1 is 0.964 bits per heavy atom. The van der Waals surface area contributed by atoms with Crippen LogP contribution in [0.1, 0.15) is 50.0 Å². The SMILES string of the molecule is O=C1CCCCCN1CC(=O)N1C[C@H](c2ccccc2)[C@@H]2[C@H]1C1CCN2CC1. The Hall–Kier alpha value is -1.88. The lowest BCUT2D eigenvalue weighted by molar-refractivity contribution is -0.143. The van der Waals surface area contributed by atoms with E-state index in [0.717, 1.165) is 32.4 Å². The summed E-state index contributed by atoms with van der Waals surface area (Å²) in [6.45, 7) is 4.15. The van der Waals surface area contributed by atoms with E-state index in [1.54, 1.807) is 0 Å². The number of nitrogens with zero attached hydrogens (tertiary/aromatic N) is 3. The number of likely N-dealkylation sites (tertiary alicyclic amines) is 2. The second-order valence-electron chi connectivity index (χ2n) is 9.04. The zero-order valence-electron chi connectivity index (χ0n) is 16.6. The molecule has 0 spiro atoms. The third-order valence-corrected chi connectivity index (χ3v) is 7.54. The number of amides is 2. The molecule has 5 aliphatic rings. The summed E-state index contributed by atoms with van der Waals surface area (Å²) in [4.78, 5) is 32.4. The third kappa shape index (κ3) is 3.14. The van der Waals surface area contributed by atoms with Crippen LogP contribution >= 0.6 is 0 Å². The van der Waals surface area contributed by atoms with Crippen LogP contribution in [-0.2, 0) is 9.59 Å². The van der Waals surface area contributed by atoms with Gasteiger partial charge in [-0.25, -0.2) is 0 Å². The second-order valence-corrected chi connectivity index (χ2v) is 9.04. The largest absolute Gasteiger partial charge is 0.336 e. The van der Waals surface area contributed by atoms with Crippen molar-refractivity contribution >= 4 is 11.8 Å². The van der Waals surface area contributed by atoms with Crippen molar-refractivity contribution in [2.45, 2.75) is 56.5 Å². The molecule has 5 fully saturated rings. The summed E-state index contributed by atoms with van der Waals surface area (Å²) in [6.07, 6.45) is 6.09. The van der Waals surface area contributed by atoms with Crippen LogP contribution in [-0.4, -0.2) is 71.3 Å². The first-order chi connectivity index (χ1) is 13.7. The minimum Gasteiger partial charge on any atom is -0.336 e. The molecule has 150 valence electrons. The van der Waals surface area contributed by atoms with E-state index in [2.05, 4.69) is 40.1 Å². The number of rotatable bonds is 3. The molecule has 5 heterocycles. The van der Waals surface area contributed by atoms with Gasteiger partial charge in [0.25, 0.3) is 0 Å². The van der Waals surface area contributed by atoms with Crippen LogP contribution in [0.2, 0.25) is 0 Å². The lowest BCUT2D eigenvalue weighted by Gasteiger charge is -2.51. The number of hydrogen-bond donors (Lipinski definition) is 0. The Bertz CT molecular complexity index is 729. The monoisotopic (exact) mass is 381 g/mol. The van der Waals surface area contributed by atoms with E-state index in [1.807, 2.05) is 4.90 Å². The highest BCUT2D eigenvalue weighted by atomic mass is 16.2. The van der Waals surface area contributed by atoms with Gasteiger partial charge in [0.15, 0.2) is 0 Å². The highest BCUT2D eigenvalue weighted by Gasteiger charge is 2.54. The van der Waals surface area contributed by atoms with Gasteiger partial charge in [-0.3, -0.25) is 14.5 Å². The normalized spacial score (nSPS) is 35.0. The Kier molecular flexibility index (Phi) is 4.87. The van der Waals surface area contributed by atoms with Crippen molar-refractivity contribution in [2.24, 2.45) is 5.92 Å². The lowest BCUT2D eigenvalue weighted by atomic mass is 9.75. The molecule has 0 aromatic heterocycles. The summed E-state index contributed by atoms with van der Waals surface area (Å²) >= 11 is 0. The zero-order valence-corrected chi connectivity index (χ0v) is 16.6. The number of piperidine rings is 3. The van der Waals surface area contributed by atoms with E-state index in [1.165, 1.54) is 31.5 Å². The predicted molar refractivity (Wildman–Crippen MR) is 108 cm³/mol. The van der Waals surface area contributed by atoms with Crippen LogP contribution in [0.4, 0.5) is 0 Å². The molecule has 5 saturated heterocycles. The summed E-state index contributed by atoms with van der Waals surface area (Å²) in [5.41, 5.74) is 1.35. The number of hydrogen-bond acceptors (Lipinski definition) is 3. The number of carbonyl (C=O) groups is 2. The average molecular weight is 382 g/mol. The predicted octanol–water partition coefficient (Wildman–Crippen LogP) is 2.48. The van der Waals surface area contributed by atoms with Gasteiger partial charge in [0, 0.05) is 31.5 Å². The minimum atomic E-state index is 0.162. The van der Waals surface area contributed by atoms with Crippen molar-refractivity contribution < 1.29 is 9.59 Å². The van der Waals surface area contributed by atoms with Crippen molar-refractivity contribution in [2.75, 3.05) is 32.7 Å². The van der Waals surface area contributed by atoms with Gasteiger partial charge in [-0.1, -0.05) is 36.8 Å². The molecular weight excluding hydrogens is 350 g/mol. The van der Waals surface area contributed by atoms with Crippen LogP contribution in [0, 0.1) is 5.92 Å². The van der Waals surface area contributed by atoms with Gasteiger partial charge in [0.2, 0.25) is 11.8 Å². The first kappa shape index (κ1) is 18.2. The maximum absolute atomic E-state index is 13.4. The first-order valence-corrected chi connectivity index (χ1v) is 11.1. The molecule has 5 heteroatoms. The fraction of sp³-hybridized carbons (Fsp3) is 0.652. The number of fused-ring (bicyclic) bond motifs is 2. The van der Waals surface area contributed by atoms with Crippen molar-refractivity contribution in [3.63, 3.8) is 0 Å². The molecule has 6 rings (SSSR count). The Balaban J connectivity index is 1.39. The van der Waals surface area contributed by atoms with Gasteiger partial charge in [-0.2, -0.15) is 0 Å². The maximum atomic E-state index is 13.4. The molecule has 3 atom stereocenters. The molecule has 0 unspecified atom stereocenters. The molecule has 28 heavy (non-hydrogen) atoms. The Morgan fingerprint density at radius 2 is 1.75 bits per heavy atom. The van der Waals surface area contributed by atoms with Crippen molar-refractivity contribution in [3.8, 4) is 0 Å². The molecular formula is C23H31N3O2. The molecule has 0 radical (unpaired) electrons. The van der Waals surface area contributed by atoms with Gasteiger partial charge < -0.3 is 9.80 Å². The molecule has 1 aromatic carbocycles. The molecule has 0 aliphatic carbocycles. The molecule has 2 amide bonds. The second kappa shape index (κ2) is 7.51. The molecule has 0 saturated carbocycles. The number of carbonyl (C=O) groups excluding carboxylic acids is 2. The maximum Gasteiger partial charge on any atom is 0.242 e. The van der Waals surface area contributed by atoms with E-state index in [-0.39, 0.29) is 18.4 Å². The van der Waals surface area contributed by atoms with Crippen LogP contribution < -0.4 is 0 Å². The van der Waals surface area contributed by atoms with E-state index < -0.39 is 0 Å². The zero-order chi connectivity index (χ0) is 19.1. The molecule has 5 aliphatic heterocycles. The average Bonchev–Trinajstić information content (AvgIpc) is 3.06. The summed E-state index contributed by atoms with van der Waals surface area (Å²) < 4.78 is 0. The standard InChI is InChI=1S/C23H31N3O2/c27-20-9-5-2-6-12-25(20)16-21(28)26-15-19(17-7-3-1-4-8-17)23-22(26)18-10-13-24(23)14-11-18/h1,3-4,7-8,18-19,22-23H,2,5-6,9-16H2/t19-,22-,23-/m1/s1. The van der Waals surface area contributed by atoms with Crippen LogP contribution in [0.15, 0.2) is 30.3 Å². The first-order valence-electron chi connectivity index (χ1n) is 11.1. The smallest absolute Gasteiger partial charge is 0.242 e. The molecule has 5 nitrogen and oxygen atoms in total. The fourth-order valence-electron chi connectivity index (χ4n) is 6.16. The Morgan fingerprint density at radius 3 is 2.54 bits per heavy atom. The summed E-state index contributed by atoms with van der Waals surface area (Å²) in [5, 5.41) is 0. The Labute approximate surface area is 167 Å². The highest BCUT2D eigenvalue weighted by Crippen LogP contribution is 2.46. The van der Waals surface area contributed by atoms with Crippen molar-refractivity contribution in [1.82, 2.24) is 14.7 Å². The lowest BCUT2D eigenvalue weighted by Crippen LogP contribution is -2.61. The van der Waals surface area contributed by atoms with Crippen molar-refractivity contribution in [3.05, 3.63) is 35.9 Å². The van der Waals surface area contributed by atoms with E-state index in [4.69, 9.17) is 0 Å². The van der Waals surface area contributed by atoms with Gasteiger partial charge in [-0.15, -0.1) is 0 Å². The summed E-state index contributed by atoms with van der Waals surface area (Å²) in [5.74, 6) is 1.33. The van der Waals surface area contributed by atoms with E-state index in [9.17, 15) is 9.59 Å².